The van der Waals surface area contributed by atoms with Gasteiger partial charge in [0, 0.05) is 0 Å². The maximum Gasteiger partial charge on any atom is 0.264 e. The lowest BCUT2D eigenvalue weighted by Crippen LogP contribution is -2.51. The summed E-state index contributed by atoms with van der Waals surface area (Å²) >= 11 is 0. The molecule has 3 aromatic carbocycles. The quantitative estimate of drug-likeness (QED) is 0.515. The van der Waals surface area contributed by atoms with Gasteiger partial charge >= 0.3 is 0 Å². The molecule has 0 spiro atoms. The van der Waals surface area contributed by atoms with Crippen molar-refractivity contribution in [3.05, 3.63) is 84.4 Å². The van der Waals surface area contributed by atoms with E-state index in [1.165, 1.54) is 22.0 Å². The van der Waals surface area contributed by atoms with E-state index in [1.54, 1.807) is 42.5 Å². The molecule has 0 fully saturated rings. The monoisotopic (exact) mass is 466 g/mol. The van der Waals surface area contributed by atoms with Gasteiger partial charge in [0.05, 0.1) is 23.7 Å². The average Bonchev–Trinajstić information content (AvgIpc) is 2.86. The molecule has 1 aliphatic rings. The maximum atomic E-state index is 13.3. The summed E-state index contributed by atoms with van der Waals surface area (Å²) in [6.45, 7) is 2.51. The van der Waals surface area contributed by atoms with Crippen LogP contribution in [0, 0.1) is 0 Å². The topological polar surface area (TPSA) is 84.9 Å². The van der Waals surface area contributed by atoms with E-state index in [9.17, 15) is 13.2 Å². The minimum absolute atomic E-state index is 0.126. The molecule has 3 aromatic rings. The minimum atomic E-state index is -3.86. The van der Waals surface area contributed by atoms with Gasteiger partial charge in [-0.3, -0.25) is 9.10 Å². The predicted molar refractivity (Wildman–Crippen MR) is 126 cm³/mol. The van der Waals surface area contributed by atoms with Crippen LogP contribution in [0.25, 0.3) is 0 Å². The molecular weight excluding hydrogens is 440 g/mol. The SMILES string of the molecule is CCc1ccc(OCCNC(=O)C2CN(S(=O)(=O)c3ccccc3)c3ccccc3O2)cc1. The van der Waals surface area contributed by atoms with E-state index < -0.39 is 22.0 Å². The number of hydrogen-bond acceptors (Lipinski definition) is 5. The first kappa shape index (κ1) is 22.7. The number of amides is 1. The fourth-order valence-electron chi connectivity index (χ4n) is 3.56. The van der Waals surface area contributed by atoms with Crippen LogP contribution in [-0.2, 0) is 21.2 Å². The number of nitrogens with one attached hydrogen (secondary N) is 1. The molecule has 0 bridgehead atoms. The second kappa shape index (κ2) is 9.95. The third kappa shape index (κ3) is 5.12. The molecule has 0 aliphatic carbocycles. The zero-order valence-electron chi connectivity index (χ0n) is 18.3. The highest BCUT2D eigenvalue weighted by molar-refractivity contribution is 7.92. The summed E-state index contributed by atoms with van der Waals surface area (Å²) in [5.74, 6) is 0.669. The first-order chi connectivity index (χ1) is 16.0. The highest BCUT2D eigenvalue weighted by atomic mass is 32.2. The van der Waals surface area contributed by atoms with Crippen LogP contribution in [-0.4, -0.2) is 40.1 Å². The van der Waals surface area contributed by atoms with Crippen LogP contribution in [0.15, 0.2) is 83.8 Å². The summed E-state index contributed by atoms with van der Waals surface area (Å²) < 4.78 is 39.3. The molecule has 0 radical (unpaired) electrons. The van der Waals surface area contributed by atoms with E-state index in [0.717, 1.165) is 12.2 Å². The third-order valence-electron chi connectivity index (χ3n) is 5.36. The van der Waals surface area contributed by atoms with E-state index in [0.29, 0.717) is 11.4 Å². The first-order valence-corrected chi connectivity index (χ1v) is 12.3. The number of benzene rings is 3. The molecule has 1 N–H and O–H groups in total. The summed E-state index contributed by atoms with van der Waals surface area (Å²) in [6.07, 6.45) is -0.0278. The van der Waals surface area contributed by atoms with Gasteiger partial charge in [-0.25, -0.2) is 8.42 Å². The molecular formula is C25H26N2O5S. The number of carbonyl (C=O) groups excluding carboxylic acids is 1. The first-order valence-electron chi connectivity index (χ1n) is 10.8. The lowest BCUT2D eigenvalue weighted by molar-refractivity contribution is -0.127. The standard InChI is InChI=1S/C25H26N2O5S/c1-2-19-12-14-20(15-13-19)31-17-16-26-25(28)24-18-27(22-10-6-7-11-23(22)32-24)33(29,30)21-8-4-3-5-9-21/h3-15,24H,2,16-18H2,1H3,(H,26,28). The number of sulfonamides is 1. The Morgan fingerprint density at radius 3 is 2.45 bits per heavy atom. The molecule has 1 atom stereocenters. The van der Waals surface area contributed by atoms with Crippen LogP contribution in [0.3, 0.4) is 0 Å². The normalized spacial score (nSPS) is 15.3. The average molecular weight is 467 g/mol. The number of ether oxygens (including phenoxy) is 2. The summed E-state index contributed by atoms with van der Waals surface area (Å²) in [6, 6.07) is 22.8. The van der Waals surface area contributed by atoms with Crippen molar-refractivity contribution in [1.29, 1.82) is 0 Å². The molecule has 0 saturated heterocycles. The molecule has 8 heteroatoms. The van der Waals surface area contributed by atoms with Crippen molar-refractivity contribution in [3.63, 3.8) is 0 Å². The van der Waals surface area contributed by atoms with Gasteiger partial charge in [-0.2, -0.15) is 0 Å². The van der Waals surface area contributed by atoms with Gasteiger partial charge in [0.1, 0.15) is 18.1 Å². The van der Waals surface area contributed by atoms with Gasteiger partial charge in [-0.05, 0) is 48.4 Å². The Kier molecular flexibility index (Phi) is 6.84. The fraction of sp³-hybridized carbons (Fsp3) is 0.240. The van der Waals surface area contributed by atoms with Crippen LogP contribution in [0.4, 0.5) is 5.69 Å². The van der Waals surface area contributed by atoms with Gasteiger partial charge in [0.25, 0.3) is 15.9 Å². The van der Waals surface area contributed by atoms with Gasteiger partial charge in [-0.1, -0.05) is 49.4 Å². The van der Waals surface area contributed by atoms with Gasteiger partial charge in [0.15, 0.2) is 6.10 Å². The number of fused-ring (bicyclic) bond motifs is 1. The number of para-hydroxylation sites is 2. The number of nitrogens with zero attached hydrogens (tertiary/aromatic N) is 1. The number of aryl methyl sites for hydroxylation is 1. The summed E-state index contributed by atoms with van der Waals surface area (Å²) in [5.41, 5.74) is 1.63. The smallest absolute Gasteiger partial charge is 0.264 e. The summed E-state index contributed by atoms with van der Waals surface area (Å²) in [5, 5.41) is 2.78. The largest absolute Gasteiger partial charge is 0.492 e. The van der Waals surface area contributed by atoms with E-state index in [2.05, 4.69) is 12.2 Å². The summed E-state index contributed by atoms with van der Waals surface area (Å²) in [4.78, 5) is 13.0. The van der Waals surface area contributed by atoms with E-state index in [-0.39, 0.29) is 24.6 Å². The van der Waals surface area contributed by atoms with Gasteiger partial charge in [0.2, 0.25) is 0 Å². The second-order valence-electron chi connectivity index (χ2n) is 7.56. The molecule has 0 aromatic heterocycles. The van der Waals surface area contributed by atoms with Crippen LogP contribution in [0.5, 0.6) is 11.5 Å². The zero-order valence-corrected chi connectivity index (χ0v) is 19.1. The summed E-state index contributed by atoms with van der Waals surface area (Å²) in [7, 11) is -3.86. The Morgan fingerprint density at radius 1 is 1.03 bits per heavy atom. The Labute approximate surface area is 194 Å². The lowest BCUT2D eigenvalue weighted by atomic mass is 10.2. The van der Waals surface area contributed by atoms with Gasteiger partial charge in [-0.15, -0.1) is 0 Å². The Balaban J connectivity index is 1.42. The zero-order chi connectivity index (χ0) is 23.3. The lowest BCUT2D eigenvalue weighted by Gasteiger charge is -2.34. The number of carbonyl (C=O) groups is 1. The highest BCUT2D eigenvalue weighted by Gasteiger charge is 2.37. The van der Waals surface area contributed by atoms with Crippen molar-refractivity contribution in [2.24, 2.45) is 0 Å². The second-order valence-corrected chi connectivity index (χ2v) is 9.42. The van der Waals surface area contributed by atoms with E-state index >= 15 is 0 Å². The molecule has 33 heavy (non-hydrogen) atoms. The number of anilines is 1. The van der Waals surface area contributed by atoms with Crippen LogP contribution in [0.2, 0.25) is 0 Å². The van der Waals surface area contributed by atoms with Crippen molar-refractivity contribution < 1.29 is 22.7 Å². The Morgan fingerprint density at radius 2 is 1.73 bits per heavy atom. The van der Waals surface area contributed by atoms with Crippen molar-refractivity contribution >= 4 is 21.6 Å². The Hall–Kier alpha value is -3.52. The number of hydrogen-bond donors (Lipinski definition) is 1. The minimum Gasteiger partial charge on any atom is -0.492 e. The van der Waals surface area contributed by atoms with Crippen LogP contribution >= 0.6 is 0 Å². The molecule has 1 aliphatic heterocycles. The predicted octanol–water partition coefficient (Wildman–Crippen LogP) is 3.40. The molecule has 0 saturated carbocycles. The Bertz CT molecular complexity index is 1200. The van der Waals surface area contributed by atoms with Crippen molar-refractivity contribution in [2.45, 2.75) is 24.3 Å². The fourth-order valence-corrected chi connectivity index (χ4v) is 5.06. The maximum absolute atomic E-state index is 13.3. The molecule has 4 rings (SSSR count). The van der Waals surface area contributed by atoms with Gasteiger partial charge < -0.3 is 14.8 Å². The van der Waals surface area contributed by atoms with Crippen LogP contribution in [0.1, 0.15) is 12.5 Å². The molecule has 7 nitrogen and oxygen atoms in total. The highest BCUT2D eigenvalue weighted by Crippen LogP contribution is 2.36. The number of rotatable bonds is 8. The molecule has 172 valence electrons. The van der Waals surface area contributed by atoms with E-state index in [4.69, 9.17) is 9.47 Å². The molecule has 1 heterocycles. The molecule has 1 amide bonds. The van der Waals surface area contributed by atoms with E-state index in [1.807, 2.05) is 24.3 Å². The van der Waals surface area contributed by atoms with Crippen molar-refractivity contribution in [3.8, 4) is 11.5 Å². The molecule has 1 unspecified atom stereocenters. The van der Waals surface area contributed by atoms with Crippen LogP contribution < -0.4 is 19.1 Å². The van der Waals surface area contributed by atoms with Crippen molar-refractivity contribution in [2.75, 3.05) is 24.0 Å². The third-order valence-corrected chi connectivity index (χ3v) is 7.15. The van der Waals surface area contributed by atoms with Crippen molar-refractivity contribution in [1.82, 2.24) is 5.32 Å².